The van der Waals surface area contributed by atoms with E-state index in [0.717, 1.165) is 95.3 Å². The van der Waals surface area contributed by atoms with Gasteiger partial charge in [0.2, 0.25) is 6.79 Å². The number of ether oxygens (including phenoxy) is 2. The number of benzene rings is 4. The molecule has 49 heavy (non-hydrogen) atoms. The first-order valence-corrected chi connectivity index (χ1v) is 17.5. The summed E-state index contributed by atoms with van der Waals surface area (Å²) in [6.07, 6.45) is 4.55. The number of hydrogen-bond acceptors (Lipinski definition) is 7. The molecule has 6 aromatic rings. The van der Waals surface area contributed by atoms with Crippen LogP contribution in [0.1, 0.15) is 56.5 Å². The Morgan fingerprint density at radius 1 is 0.796 bits per heavy atom. The molecule has 2 aromatic heterocycles. The highest BCUT2D eigenvalue weighted by atomic mass is 16.7. The zero-order valence-corrected chi connectivity index (χ0v) is 28.6. The van der Waals surface area contributed by atoms with Crippen molar-refractivity contribution in [2.45, 2.75) is 59.2 Å². The molecule has 1 unspecified atom stereocenters. The number of nitrogens with one attached hydrogen (secondary N) is 1. The molecule has 1 atom stereocenters. The van der Waals surface area contributed by atoms with E-state index in [0.29, 0.717) is 6.54 Å². The maximum atomic E-state index is 5.80. The van der Waals surface area contributed by atoms with Crippen LogP contribution in [-0.2, 0) is 19.5 Å². The number of hydrogen-bond donors (Lipinski definition) is 1. The third-order valence-corrected chi connectivity index (χ3v) is 9.32. The van der Waals surface area contributed by atoms with Crippen molar-refractivity contribution in [1.29, 1.82) is 0 Å². The molecule has 0 saturated heterocycles. The Labute approximate surface area is 288 Å². The molecule has 8 heteroatoms. The van der Waals surface area contributed by atoms with E-state index in [2.05, 4.69) is 137 Å². The number of rotatable bonds is 14. The largest absolute Gasteiger partial charge is 0.454 e. The molecule has 0 fully saturated rings. The van der Waals surface area contributed by atoms with Gasteiger partial charge < -0.3 is 24.3 Å². The van der Waals surface area contributed by atoms with Crippen molar-refractivity contribution < 1.29 is 9.47 Å². The Balaban J connectivity index is 1.33. The highest BCUT2D eigenvalue weighted by Gasteiger charge is 2.27. The van der Waals surface area contributed by atoms with Gasteiger partial charge in [-0.15, -0.1) is 0 Å². The summed E-state index contributed by atoms with van der Waals surface area (Å²) >= 11 is 0. The van der Waals surface area contributed by atoms with Gasteiger partial charge in [0, 0.05) is 42.7 Å². The van der Waals surface area contributed by atoms with Crippen molar-refractivity contribution >= 4 is 16.7 Å². The van der Waals surface area contributed by atoms with Crippen LogP contribution < -0.4 is 19.7 Å². The van der Waals surface area contributed by atoms with Gasteiger partial charge in [0.1, 0.15) is 18.0 Å². The van der Waals surface area contributed by atoms with E-state index in [1.165, 1.54) is 11.3 Å². The molecule has 0 radical (unpaired) electrons. The predicted molar refractivity (Wildman–Crippen MR) is 197 cm³/mol. The van der Waals surface area contributed by atoms with Gasteiger partial charge in [-0.05, 0) is 62.1 Å². The Morgan fingerprint density at radius 2 is 1.53 bits per heavy atom. The summed E-state index contributed by atoms with van der Waals surface area (Å²) in [7, 11) is 0. The second kappa shape index (κ2) is 14.9. The van der Waals surface area contributed by atoms with Crippen molar-refractivity contribution in [2.75, 3.05) is 24.8 Å². The smallest absolute Gasteiger partial charge is 0.231 e. The van der Waals surface area contributed by atoms with E-state index in [1.807, 2.05) is 6.07 Å². The number of fused-ring (bicyclic) bond motifs is 2. The zero-order valence-electron chi connectivity index (χ0n) is 28.6. The van der Waals surface area contributed by atoms with Gasteiger partial charge in [-0.2, -0.15) is 0 Å². The highest BCUT2D eigenvalue weighted by Crippen LogP contribution is 2.38. The summed E-state index contributed by atoms with van der Waals surface area (Å²) in [5, 5.41) is 5.07. The van der Waals surface area contributed by atoms with Crippen LogP contribution in [0, 0.1) is 0 Å². The fraction of sp³-hybridized carbons (Fsp3) is 0.293. The van der Waals surface area contributed by atoms with Crippen LogP contribution in [0.15, 0.2) is 103 Å². The lowest BCUT2D eigenvalue weighted by atomic mass is 9.98. The highest BCUT2D eigenvalue weighted by molar-refractivity contribution is 5.89. The first-order chi connectivity index (χ1) is 24.2. The van der Waals surface area contributed by atoms with Crippen LogP contribution in [0.2, 0.25) is 0 Å². The molecule has 8 nitrogen and oxygen atoms in total. The van der Waals surface area contributed by atoms with Gasteiger partial charge in [-0.25, -0.2) is 15.0 Å². The topological polar surface area (TPSA) is 77.3 Å². The summed E-state index contributed by atoms with van der Waals surface area (Å²) < 4.78 is 13.9. The molecule has 0 spiro atoms. The lowest BCUT2D eigenvalue weighted by molar-refractivity contribution is 0.174. The van der Waals surface area contributed by atoms with E-state index in [9.17, 15) is 0 Å². The number of nitrogens with zero attached hydrogens (tertiary/aromatic N) is 5. The molecule has 250 valence electrons. The monoisotopic (exact) mass is 652 g/mol. The number of aromatic nitrogens is 4. The Hall–Kier alpha value is -5.21. The van der Waals surface area contributed by atoms with Crippen LogP contribution in [0.4, 0.5) is 5.82 Å². The second-order valence-corrected chi connectivity index (χ2v) is 12.5. The second-order valence-electron chi connectivity index (χ2n) is 12.5. The van der Waals surface area contributed by atoms with E-state index in [1.54, 1.807) is 6.33 Å². The van der Waals surface area contributed by atoms with Crippen molar-refractivity contribution in [3.63, 3.8) is 0 Å². The number of anilines is 1. The average Bonchev–Trinajstić information content (AvgIpc) is 3.78. The first kappa shape index (κ1) is 32.3. The lowest BCUT2D eigenvalue weighted by Gasteiger charge is -2.24. The third-order valence-electron chi connectivity index (χ3n) is 9.32. The molecular weight excluding hydrogens is 608 g/mol. The average molecular weight is 653 g/mol. The van der Waals surface area contributed by atoms with Crippen LogP contribution in [0.25, 0.3) is 33.5 Å². The Morgan fingerprint density at radius 3 is 2.29 bits per heavy atom. The van der Waals surface area contributed by atoms with Gasteiger partial charge in [-0.1, -0.05) is 86.1 Å². The minimum Gasteiger partial charge on any atom is -0.454 e. The molecule has 7 rings (SSSR count). The van der Waals surface area contributed by atoms with E-state index in [4.69, 9.17) is 14.5 Å². The fourth-order valence-corrected chi connectivity index (χ4v) is 6.76. The Bertz CT molecular complexity index is 2010. The summed E-state index contributed by atoms with van der Waals surface area (Å²) in [4.78, 5) is 17.0. The molecule has 3 heterocycles. The SMILES string of the molecule is CCCCn1c(-c2ccccc2)nc(-c2ccccc2)c1C(Cc1ccc2c(c1)OCO2)NCc1ccc2c(N(CC)CC)ncnc2c1. The lowest BCUT2D eigenvalue weighted by Crippen LogP contribution is -2.26. The van der Waals surface area contributed by atoms with Gasteiger partial charge in [-0.3, -0.25) is 0 Å². The molecule has 1 aliphatic heterocycles. The molecule has 0 bridgehead atoms. The van der Waals surface area contributed by atoms with Crippen LogP contribution >= 0.6 is 0 Å². The maximum Gasteiger partial charge on any atom is 0.231 e. The first-order valence-electron chi connectivity index (χ1n) is 17.5. The van der Waals surface area contributed by atoms with Gasteiger partial charge in [0.15, 0.2) is 11.5 Å². The van der Waals surface area contributed by atoms with Crippen LogP contribution in [0.5, 0.6) is 11.5 Å². The van der Waals surface area contributed by atoms with E-state index < -0.39 is 0 Å². The zero-order chi connectivity index (χ0) is 33.6. The van der Waals surface area contributed by atoms with Crippen LogP contribution in [-0.4, -0.2) is 39.4 Å². The van der Waals surface area contributed by atoms with Crippen LogP contribution in [0.3, 0.4) is 0 Å². The Kier molecular flexibility index (Phi) is 9.84. The molecule has 0 saturated carbocycles. The molecule has 0 amide bonds. The molecule has 0 aliphatic carbocycles. The summed E-state index contributed by atoms with van der Waals surface area (Å²) in [5.41, 5.74) is 7.69. The normalized spacial score (nSPS) is 12.8. The van der Waals surface area contributed by atoms with Crippen molar-refractivity contribution in [3.05, 3.63) is 120 Å². The van der Waals surface area contributed by atoms with E-state index >= 15 is 0 Å². The van der Waals surface area contributed by atoms with Gasteiger partial charge in [0.25, 0.3) is 0 Å². The van der Waals surface area contributed by atoms with Crippen molar-refractivity contribution in [1.82, 2.24) is 24.8 Å². The minimum absolute atomic E-state index is 0.0651. The quantitative estimate of drug-likeness (QED) is 0.126. The maximum absolute atomic E-state index is 5.80. The number of unbranched alkanes of at least 4 members (excludes halogenated alkanes) is 1. The van der Waals surface area contributed by atoms with Gasteiger partial charge >= 0.3 is 0 Å². The summed E-state index contributed by atoms with van der Waals surface area (Å²) in [5.74, 6) is 3.56. The molecule has 1 N–H and O–H groups in total. The third kappa shape index (κ3) is 6.87. The summed E-state index contributed by atoms with van der Waals surface area (Å²) in [6.45, 7) is 10.1. The standard InChI is InChI=1S/C41H44N6O2/c1-4-7-22-47-39(38(31-14-10-8-11-15-31)45-40(47)32-16-12-9-13-17-32)35(23-29-19-21-36-37(25-29)49-28-48-36)42-26-30-18-20-33-34(24-30)43-27-44-41(33)46(5-2)6-3/h8-21,24-25,27,35,42H,4-7,22-23,26,28H2,1-3H3. The fourth-order valence-electron chi connectivity index (χ4n) is 6.76. The predicted octanol–water partition coefficient (Wildman–Crippen LogP) is 8.61. The molecular formula is C41H44N6O2. The van der Waals surface area contributed by atoms with Crippen molar-refractivity contribution in [2.24, 2.45) is 0 Å². The van der Waals surface area contributed by atoms with E-state index in [-0.39, 0.29) is 12.8 Å². The summed E-state index contributed by atoms with van der Waals surface area (Å²) in [6, 6.07) is 33.9. The van der Waals surface area contributed by atoms with Gasteiger partial charge in [0.05, 0.1) is 22.9 Å². The molecule has 4 aromatic carbocycles. The minimum atomic E-state index is -0.0651. The number of imidazole rings is 1. The van der Waals surface area contributed by atoms with Crippen molar-refractivity contribution in [3.8, 4) is 34.1 Å². The molecule has 1 aliphatic rings.